The monoisotopic (exact) mass is 351 g/mol. The number of fused-ring (bicyclic) bond motifs is 1. The number of aromatic amines is 1. The molecule has 2 N–H and O–H groups in total. The Balaban J connectivity index is 2.18. The third kappa shape index (κ3) is 2.89. The van der Waals surface area contributed by atoms with Crippen LogP contribution in [0.5, 0.6) is 17.2 Å². The summed E-state index contributed by atoms with van der Waals surface area (Å²) in [5.74, 6) is 1.17. The summed E-state index contributed by atoms with van der Waals surface area (Å²) in [6, 6.07) is 12.5. The molecule has 0 aliphatic heterocycles. The molecule has 0 unspecified atom stereocenters. The van der Waals surface area contributed by atoms with Crippen LogP contribution in [-0.4, -0.2) is 36.4 Å². The molecule has 0 fully saturated rings. The Morgan fingerprint density at radius 1 is 1.08 bits per heavy atom. The molecule has 0 saturated heterocycles. The smallest absolute Gasteiger partial charge is 0.203 e. The normalized spacial score (nSPS) is 11.6. The third-order valence-electron chi connectivity index (χ3n) is 3.91. The van der Waals surface area contributed by atoms with Crippen LogP contribution in [0, 0.1) is 11.3 Å². The molecule has 7 heteroatoms. The van der Waals surface area contributed by atoms with Crippen molar-refractivity contribution in [2.75, 3.05) is 21.3 Å². The van der Waals surface area contributed by atoms with Gasteiger partial charge in [-0.15, -0.1) is 0 Å². The van der Waals surface area contributed by atoms with Crippen LogP contribution in [0.15, 0.2) is 36.4 Å². The summed E-state index contributed by atoms with van der Waals surface area (Å²) >= 11 is 0. The number of hydrogen-bond donors (Lipinski definition) is 2. The Bertz CT molecular complexity index is 973. The Kier molecular flexibility index (Phi) is 4.67. The second kappa shape index (κ2) is 7.07. The zero-order valence-electron chi connectivity index (χ0n) is 14.5. The Morgan fingerprint density at radius 2 is 1.73 bits per heavy atom. The zero-order chi connectivity index (χ0) is 18.7. The molecule has 3 aromatic rings. The number of hydrogen-bond acceptors (Lipinski definition) is 6. The number of nitriles is 1. The quantitative estimate of drug-likeness (QED) is 0.539. The number of ether oxygens (including phenoxy) is 3. The number of aliphatic hydroxyl groups excluding tert-OH is 1. The minimum absolute atomic E-state index is 0.00970. The number of imidazole rings is 1. The van der Waals surface area contributed by atoms with Gasteiger partial charge in [0.15, 0.2) is 17.3 Å². The SMILES string of the molecule is COc1cc(/C(O)=C(\C#N)c2nc3ccccc3[nH]2)cc(OC)c1OC. The molecule has 1 heterocycles. The Labute approximate surface area is 150 Å². The van der Waals surface area contributed by atoms with Gasteiger partial charge in [0, 0.05) is 5.56 Å². The van der Waals surface area contributed by atoms with Gasteiger partial charge < -0.3 is 24.3 Å². The van der Waals surface area contributed by atoms with Gasteiger partial charge in [-0.3, -0.25) is 0 Å². The average molecular weight is 351 g/mol. The van der Waals surface area contributed by atoms with Crippen LogP contribution in [0.1, 0.15) is 11.4 Å². The number of aliphatic hydroxyl groups is 1. The number of methoxy groups -OCH3 is 3. The number of nitrogens with one attached hydrogen (secondary N) is 1. The van der Waals surface area contributed by atoms with Gasteiger partial charge in [0.1, 0.15) is 17.4 Å². The molecule has 0 atom stereocenters. The van der Waals surface area contributed by atoms with Gasteiger partial charge in [-0.1, -0.05) is 12.1 Å². The second-order valence-corrected chi connectivity index (χ2v) is 5.35. The van der Waals surface area contributed by atoms with E-state index in [9.17, 15) is 10.4 Å². The zero-order valence-corrected chi connectivity index (χ0v) is 14.5. The molecule has 2 aromatic carbocycles. The Hall–Kier alpha value is -3.66. The van der Waals surface area contributed by atoms with Crippen LogP contribution < -0.4 is 14.2 Å². The number of aromatic nitrogens is 2. The number of H-pyrrole nitrogens is 1. The summed E-state index contributed by atoms with van der Waals surface area (Å²) in [5.41, 5.74) is 1.83. The van der Waals surface area contributed by atoms with Crippen LogP contribution >= 0.6 is 0 Å². The molecule has 0 aliphatic carbocycles. The molecular weight excluding hydrogens is 334 g/mol. The van der Waals surface area contributed by atoms with Crippen molar-refractivity contribution in [1.29, 1.82) is 5.26 Å². The van der Waals surface area contributed by atoms with Crippen molar-refractivity contribution < 1.29 is 19.3 Å². The van der Waals surface area contributed by atoms with Crippen molar-refractivity contribution in [3.8, 4) is 23.3 Å². The number of allylic oxidation sites excluding steroid dienone is 1. The van der Waals surface area contributed by atoms with Crippen LogP contribution in [-0.2, 0) is 0 Å². The van der Waals surface area contributed by atoms with Gasteiger partial charge in [0.05, 0.1) is 32.4 Å². The lowest BCUT2D eigenvalue weighted by Crippen LogP contribution is -1.98. The van der Waals surface area contributed by atoms with E-state index in [1.807, 2.05) is 30.3 Å². The van der Waals surface area contributed by atoms with Crippen molar-refractivity contribution in [2.24, 2.45) is 0 Å². The maximum absolute atomic E-state index is 10.7. The predicted octanol–water partition coefficient (Wildman–Crippen LogP) is 3.54. The fourth-order valence-corrected chi connectivity index (χ4v) is 2.65. The van der Waals surface area contributed by atoms with E-state index in [0.29, 0.717) is 28.3 Å². The fourth-order valence-electron chi connectivity index (χ4n) is 2.65. The summed E-state index contributed by atoms with van der Waals surface area (Å²) in [6.07, 6.45) is 0. The number of para-hydroxylation sites is 2. The molecule has 0 saturated carbocycles. The van der Waals surface area contributed by atoms with Gasteiger partial charge in [0.25, 0.3) is 0 Å². The van der Waals surface area contributed by atoms with E-state index in [0.717, 1.165) is 5.52 Å². The molecule has 0 amide bonds. The van der Waals surface area contributed by atoms with Gasteiger partial charge in [-0.2, -0.15) is 5.26 Å². The van der Waals surface area contributed by atoms with Crippen molar-refractivity contribution in [2.45, 2.75) is 0 Å². The summed E-state index contributed by atoms with van der Waals surface area (Å²) < 4.78 is 15.9. The fraction of sp³-hybridized carbons (Fsp3) is 0.158. The van der Waals surface area contributed by atoms with E-state index in [1.54, 1.807) is 12.1 Å². The van der Waals surface area contributed by atoms with E-state index in [-0.39, 0.29) is 17.2 Å². The van der Waals surface area contributed by atoms with E-state index < -0.39 is 0 Å². The molecule has 132 valence electrons. The molecule has 0 radical (unpaired) electrons. The predicted molar refractivity (Wildman–Crippen MR) is 97.2 cm³/mol. The van der Waals surface area contributed by atoms with E-state index >= 15 is 0 Å². The molecular formula is C19H17N3O4. The summed E-state index contributed by atoms with van der Waals surface area (Å²) in [7, 11) is 4.45. The molecule has 26 heavy (non-hydrogen) atoms. The first-order valence-electron chi connectivity index (χ1n) is 7.71. The van der Waals surface area contributed by atoms with Gasteiger partial charge in [-0.05, 0) is 24.3 Å². The van der Waals surface area contributed by atoms with Crippen LogP contribution in [0.3, 0.4) is 0 Å². The minimum atomic E-state index is -0.245. The lowest BCUT2D eigenvalue weighted by molar-refractivity contribution is 0.324. The van der Waals surface area contributed by atoms with Gasteiger partial charge in [0.2, 0.25) is 5.75 Å². The van der Waals surface area contributed by atoms with E-state index in [1.165, 1.54) is 21.3 Å². The van der Waals surface area contributed by atoms with Crippen LogP contribution in [0.4, 0.5) is 0 Å². The average Bonchev–Trinajstić information content (AvgIpc) is 3.10. The lowest BCUT2D eigenvalue weighted by Gasteiger charge is -2.14. The number of rotatable bonds is 5. The largest absolute Gasteiger partial charge is 0.506 e. The maximum Gasteiger partial charge on any atom is 0.203 e. The van der Waals surface area contributed by atoms with Crippen molar-refractivity contribution in [1.82, 2.24) is 9.97 Å². The molecule has 0 aliphatic rings. The highest BCUT2D eigenvalue weighted by molar-refractivity contribution is 5.94. The van der Waals surface area contributed by atoms with Crippen LogP contribution in [0.25, 0.3) is 22.4 Å². The number of benzene rings is 2. The summed E-state index contributed by atoms with van der Waals surface area (Å²) in [6.45, 7) is 0. The third-order valence-corrected chi connectivity index (χ3v) is 3.91. The maximum atomic E-state index is 10.7. The summed E-state index contributed by atoms with van der Waals surface area (Å²) in [4.78, 5) is 7.40. The first-order chi connectivity index (χ1) is 12.6. The molecule has 0 spiro atoms. The lowest BCUT2D eigenvalue weighted by atomic mass is 10.1. The van der Waals surface area contributed by atoms with E-state index in [4.69, 9.17) is 14.2 Å². The highest BCUT2D eigenvalue weighted by atomic mass is 16.5. The molecule has 1 aromatic heterocycles. The first-order valence-corrected chi connectivity index (χ1v) is 7.71. The first kappa shape index (κ1) is 17.2. The van der Waals surface area contributed by atoms with Crippen molar-refractivity contribution >= 4 is 22.4 Å². The highest BCUT2D eigenvalue weighted by Gasteiger charge is 2.19. The topological polar surface area (TPSA) is 100 Å². The van der Waals surface area contributed by atoms with E-state index in [2.05, 4.69) is 9.97 Å². The molecule has 3 rings (SSSR count). The molecule has 7 nitrogen and oxygen atoms in total. The van der Waals surface area contributed by atoms with Gasteiger partial charge >= 0.3 is 0 Å². The van der Waals surface area contributed by atoms with Crippen molar-refractivity contribution in [3.05, 3.63) is 47.8 Å². The summed E-state index contributed by atoms with van der Waals surface area (Å²) in [5, 5.41) is 20.3. The minimum Gasteiger partial charge on any atom is -0.506 e. The standard InChI is InChI=1S/C19H17N3O4/c1-24-15-8-11(9-16(25-2)18(15)26-3)17(23)12(10-20)19-21-13-6-4-5-7-14(13)22-19/h4-9,23H,1-3H3,(H,21,22)/b17-12-. The molecule has 0 bridgehead atoms. The van der Waals surface area contributed by atoms with Crippen molar-refractivity contribution in [3.63, 3.8) is 0 Å². The van der Waals surface area contributed by atoms with Crippen LogP contribution in [0.2, 0.25) is 0 Å². The van der Waals surface area contributed by atoms with Gasteiger partial charge in [-0.25, -0.2) is 4.98 Å². The highest BCUT2D eigenvalue weighted by Crippen LogP contribution is 2.40. The Morgan fingerprint density at radius 3 is 2.27 bits per heavy atom. The number of nitrogens with zero attached hydrogens (tertiary/aromatic N) is 2. The second-order valence-electron chi connectivity index (χ2n) is 5.35.